The Morgan fingerprint density at radius 3 is 2.84 bits per heavy atom. The predicted octanol–water partition coefficient (Wildman–Crippen LogP) is 2.49. The van der Waals surface area contributed by atoms with Crippen LogP contribution in [0.5, 0.6) is 0 Å². The first-order valence-electron chi connectivity index (χ1n) is 5.76. The van der Waals surface area contributed by atoms with Crippen LogP contribution in [0.15, 0.2) is 36.5 Å². The fourth-order valence-electron chi connectivity index (χ4n) is 1.71. The van der Waals surface area contributed by atoms with Crippen LogP contribution in [0.4, 0.5) is 17.1 Å². The maximum absolute atomic E-state index is 10.6. The molecule has 0 bridgehead atoms. The van der Waals surface area contributed by atoms with Gasteiger partial charge >= 0.3 is 0 Å². The SMILES string of the molecule is Cc1cccnc1CNc1ccc([N+](=O)[O-])cc1N. The fourth-order valence-corrected chi connectivity index (χ4v) is 1.71. The van der Waals surface area contributed by atoms with Crippen LogP contribution < -0.4 is 11.1 Å². The van der Waals surface area contributed by atoms with E-state index in [1.54, 1.807) is 12.3 Å². The molecule has 1 heterocycles. The molecule has 0 spiro atoms. The first-order valence-corrected chi connectivity index (χ1v) is 5.76. The number of hydrogen-bond donors (Lipinski definition) is 2. The molecule has 98 valence electrons. The van der Waals surface area contributed by atoms with Crippen molar-refractivity contribution in [2.24, 2.45) is 0 Å². The van der Waals surface area contributed by atoms with Crippen LogP contribution in [0.25, 0.3) is 0 Å². The van der Waals surface area contributed by atoms with Crippen molar-refractivity contribution in [3.63, 3.8) is 0 Å². The van der Waals surface area contributed by atoms with Gasteiger partial charge in [0.15, 0.2) is 0 Å². The molecule has 0 aliphatic heterocycles. The van der Waals surface area contributed by atoms with Crippen molar-refractivity contribution in [2.45, 2.75) is 13.5 Å². The molecule has 0 unspecified atom stereocenters. The van der Waals surface area contributed by atoms with Crippen molar-refractivity contribution in [1.82, 2.24) is 4.98 Å². The van der Waals surface area contributed by atoms with E-state index in [-0.39, 0.29) is 5.69 Å². The van der Waals surface area contributed by atoms with Crippen LogP contribution in [0.1, 0.15) is 11.3 Å². The highest BCUT2D eigenvalue weighted by molar-refractivity contribution is 5.69. The van der Waals surface area contributed by atoms with Gasteiger partial charge in [0, 0.05) is 18.3 Å². The monoisotopic (exact) mass is 258 g/mol. The average Bonchev–Trinajstić information content (AvgIpc) is 2.39. The minimum absolute atomic E-state index is 0.0166. The van der Waals surface area contributed by atoms with Gasteiger partial charge in [-0.2, -0.15) is 0 Å². The molecule has 0 atom stereocenters. The second kappa shape index (κ2) is 5.34. The Kier molecular flexibility index (Phi) is 3.61. The van der Waals surface area contributed by atoms with Crippen molar-refractivity contribution in [2.75, 3.05) is 11.1 Å². The number of aryl methyl sites for hydroxylation is 1. The topological polar surface area (TPSA) is 94.1 Å². The largest absolute Gasteiger partial charge is 0.397 e. The van der Waals surface area contributed by atoms with E-state index in [0.29, 0.717) is 17.9 Å². The van der Waals surface area contributed by atoms with Crippen LogP contribution in [0.2, 0.25) is 0 Å². The zero-order chi connectivity index (χ0) is 13.8. The predicted molar refractivity (Wildman–Crippen MR) is 73.8 cm³/mol. The summed E-state index contributed by atoms with van der Waals surface area (Å²) in [4.78, 5) is 14.4. The smallest absolute Gasteiger partial charge is 0.271 e. The van der Waals surface area contributed by atoms with Crippen LogP contribution in [0, 0.1) is 17.0 Å². The molecule has 0 aliphatic carbocycles. The first kappa shape index (κ1) is 12.8. The van der Waals surface area contributed by atoms with Crippen LogP contribution in [0.3, 0.4) is 0 Å². The molecule has 3 N–H and O–H groups in total. The van der Waals surface area contributed by atoms with E-state index in [2.05, 4.69) is 10.3 Å². The Bertz CT molecular complexity index is 613. The molecule has 2 aromatic rings. The highest BCUT2D eigenvalue weighted by Gasteiger charge is 2.08. The molecule has 0 amide bonds. The van der Waals surface area contributed by atoms with Crippen molar-refractivity contribution in [1.29, 1.82) is 0 Å². The Morgan fingerprint density at radius 1 is 1.42 bits per heavy atom. The molecule has 6 nitrogen and oxygen atoms in total. The maximum atomic E-state index is 10.6. The average molecular weight is 258 g/mol. The van der Waals surface area contributed by atoms with Crippen molar-refractivity contribution < 1.29 is 4.92 Å². The number of non-ortho nitro benzene ring substituents is 1. The lowest BCUT2D eigenvalue weighted by Crippen LogP contribution is -2.05. The van der Waals surface area contributed by atoms with E-state index >= 15 is 0 Å². The number of anilines is 2. The normalized spacial score (nSPS) is 10.2. The van der Waals surface area contributed by atoms with Gasteiger partial charge < -0.3 is 11.1 Å². The minimum Gasteiger partial charge on any atom is -0.397 e. The fraction of sp³-hybridized carbons (Fsp3) is 0.154. The van der Waals surface area contributed by atoms with E-state index in [0.717, 1.165) is 11.3 Å². The molecule has 0 aliphatic rings. The second-order valence-corrected chi connectivity index (χ2v) is 4.15. The molecule has 0 fully saturated rings. The van der Waals surface area contributed by atoms with Gasteiger partial charge in [-0.3, -0.25) is 15.1 Å². The Balaban J connectivity index is 2.12. The van der Waals surface area contributed by atoms with E-state index in [4.69, 9.17) is 5.73 Å². The van der Waals surface area contributed by atoms with Crippen LogP contribution in [-0.2, 0) is 6.54 Å². The van der Waals surface area contributed by atoms with Gasteiger partial charge in [0.05, 0.1) is 28.5 Å². The van der Waals surface area contributed by atoms with Crippen LogP contribution >= 0.6 is 0 Å². The zero-order valence-corrected chi connectivity index (χ0v) is 10.5. The number of aromatic nitrogens is 1. The lowest BCUT2D eigenvalue weighted by atomic mass is 10.2. The molecule has 0 saturated carbocycles. The summed E-state index contributed by atoms with van der Waals surface area (Å²) in [5.41, 5.74) is 8.77. The lowest BCUT2D eigenvalue weighted by molar-refractivity contribution is -0.384. The molecular weight excluding hydrogens is 244 g/mol. The van der Waals surface area contributed by atoms with E-state index < -0.39 is 4.92 Å². The van der Waals surface area contributed by atoms with Gasteiger partial charge in [-0.15, -0.1) is 0 Å². The zero-order valence-electron chi connectivity index (χ0n) is 10.5. The number of nitrogens with two attached hydrogens (primary N) is 1. The minimum atomic E-state index is -0.469. The molecular formula is C13H14N4O2. The Hall–Kier alpha value is -2.63. The summed E-state index contributed by atoms with van der Waals surface area (Å²) in [5.74, 6) is 0. The number of nitrogens with zero attached hydrogens (tertiary/aromatic N) is 2. The van der Waals surface area contributed by atoms with E-state index in [1.807, 2.05) is 19.1 Å². The van der Waals surface area contributed by atoms with Crippen LogP contribution in [-0.4, -0.2) is 9.91 Å². The van der Waals surface area contributed by atoms with Gasteiger partial charge in [0.25, 0.3) is 5.69 Å². The number of rotatable bonds is 4. The molecule has 2 rings (SSSR count). The third-order valence-corrected chi connectivity index (χ3v) is 2.81. The summed E-state index contributed by atoms with van der Waals surface area (Å²) in [6.07, 6.45) is 1.73. The molecule has 6 heteroatoms. The van der Waals surface area contributed by atoms with Crippen molar-refractivity contribution in [3.8, 4) is 0 Å². The van der Waals surface area contributed by atoms with E-state index in [1.165, 1.54) is 12.1 Å². The molecule has 19 heavy (non-hydrogen) atoms. The third-order valence-electron chi connectivity index (χ3n) is 2.81. The summed E-state index contributed by atoms with van der Waals surface area (Å²) in [6, 6.07) is 8.21. The highest BCUT2D eigenvalue weighted by atomic mass is 16.6. The quantitative estimate of drug-likeness (QED) is 0.499. The summed E-state index contributed by atoms with van der Waals surface area (Å²) < 4.78 is 0. The van der Waals surface area contributed by atoms with E-state index in [9.17, 15) is 10.1 Å². The highest BCUT2D eigenvalue weighted by Crippen LogP contribution is 2.24. The Morgan fingerprint density at radius 2 is 2.21 bits per heavy atom. The molecule has 0 radical (unpaired) electrons. The summed E-state index contributed by atoms with van der Waals surface area (Å²) in [6.45, 7) is 2.50. The number of nitro benzene ring substituents is 1. The van der Waals surface area contributed by atoms with Crippen molar-refractivity contribution >= 4 is 17.1 Å². The molecule has 1 aromatic carbocycles. The maximum Gasteiger partial charge on any atom is 0.271 e. The third kappa shape index (κ3) is 2.98. The number of pyridine rings is 1. The summed E-state index contributed by atoms with van der Waals surface area (Å²) in [7, 11) is 0. The first-order chi connectivity index (χ1) is 9.08. The molecule has 0 saturated heterocycles. The van der Waals surface area contributed by atoms with Crippen molar-refractivity contribution in [3.05, 3.63) is 57.9 Å². The number of benzene rings is 1. The number of nitro groups is 1. The van der Waals surface area contributed by atoms with Gasteiger partial charge in [-0.25, -0.2) is 0 Å². The van der Waals surface area contributed by atoms with Gasteiger partial charge in [0.2, 0.25) is 0 Å². The summed E-state index contributed by atoms with van der Waals surface area (Å²) in [5, 5.41) is 13.7. The standard InChI is InChI=1S/C13H14N4O2/c1-9-3-2-6-15-13(9)8-16-12-5-4-10(17(18)19)7-11(12)14/h2-7,16H,8,14H2,1H3. The lowest BCUT2D eigenvalue weighted by Gasteiger charge is -2.10. The van der Waals surface area contributed by atoms with Gasteiger partial charge in [-0.05, 0) is 24.6 Å². The Labute approximate surface area is 110 Å². The second-order valence-electron chi connectivity index (χ2n) is 4.15. The number of nitrogen functional groups attached to an aromatic ring is 1. The van der Waals surface area contributed by atoms with Gasteiger partial charge in [-0.1, -0.05) is 6.07 Å². The molecule has 1 aromatic heterocycles. The summed E-state index contributed by atoms with van der Waals surface area (Å²) >= 11 is 0. The van der Waals surface area contributed by atoms with Gasteiger partial charge in [0.1, 0.15) is 0 Å². The number of nitrogens with one attached hydrogen (secondary N) is 1. The number of hydrogen-bond acceptors (Lipinski definition) is 5.